The summed E-state index contributed by atoms with van der Waals surface area (Å²) in [7, 11) is 0. The molecule has 10 heteroatoms. The first kappa shape index (κ1) is 26.9. The lowest BCUT2D eigenvalue weighted by atomic mass is 9.89. The van der Waals surface area contributed by atoms with Crippen LogP contribution in [-0.2, 0) is 29.0 Å². The van der Waals surface area contributed by atoms with Gasteiger partial charge in [-0.05, 0) is 55.4 Å². The summed E-state index contributed by atoms with van der Waals surface area (Å²) in [5, 5.41) is 16.3. The first-order valence-electron chi connectivity index (χ1n) is 14.6. The van der Waals surface area contributed by atoms with Gasteiger partial charge >= 0.3 is 0 Å². The maximum Gasteiger partial charge on any atom is 0.229 e. The van der Waals surface area contributed by atoms with Crippen LogP contribution in [0.25, 0.3) is 11.3 Å². The number of anilines is 1. The molecule has 3 aliphatic rings. The smallest absolute Gasteiger partial charge is 0.229 e. The van der Waals surface area contributed by atoms with Gasteiger partial charge in [0.1, 0.15) is 5.49 Å². The number of amides is 2. The molecule has 41 heavy (non-hydrogen) atoms. The Balaban J connectivity index is 0.929. The van der Waals surface area contributed by atoms with E-state index >= 15 is 0 Å². The molecule has 2 aromatic heterocycles. The molecule has 2 aliphatic carbocycles. The number of piperazine rings is 1. The van der Waals surface area contributed by atoms with Crippen LogP contribution in [0, 0.1) is 11.3 Å². The largest absolute Gasteiger partial charge is 0.350 e. The highest BCUT2D eigenvalue weighted by Crippen LogP contribution is 2.30. The highest BCUT2D eigenvalue weighted by Gasteiger charge is 2.31. The van der Waals surface area contributed by atoms with Gasteiger partial charge in [0, 0.05) is 63.1 Å². The van der Waals surface area contributed by atoms with Crippen molar-refractivity contribution in [3.8, 4) is 11.3 Å². The predicted molar refractivity (Wildman–Crippen MR) is 155 cm³/mol. The minimum absolute atomic E-state index is 0.00681. The van der Waals surface area contributed by atoms with Crippen molar-refractivity contribution in [3.05, 3.63) is 77.6 Å². The van der Waals surface area contributed by atoms with Gasteiger partial charge in [-0.25, -0.2) is 14.6 Å². The van der Waals surface area contributed by atoms with E-state index in [4.69, 9.17) is 10.5 Å². The van der Waals surface area contributed by atoms with Crippen molar-refractivity contribution in [2.45, 2.75) is 51.1 Å². The maximum absolute atomic E-state index is 13.1. The molecule has 0 spiro atoms. The highest BCUT2D eigenvalue weighted by molar-refractivity contribution is 5.82. The molecule has 0 radical (unpaired) electrons. The predicted octanol–water partition coefficient (Wildman–Crippen LogP) is 2.50. The number of benzene rings is 1. The van der Waals surface area contributed by atoms with Crippen LogP contribution in [0.3, 0.4) is 0 Å². The average molecular weight is 553 g/mol. The third-order valence-electron chi connectivity index (χ3n) is 8.25. The summed E-state index contributed by atoms with van der Waals surface area (Å²) in [6, 6.07) is 12.0. The number of rotatable bonds is 8. The van der Waals surface area contributed by atoms with E-state index < -0.39 is 0 Å². The van der Waals surface area contributed by atoms with Gasteiger partial charge in [-0.3, -0.25) is 15.0 Å². The van der Waals surface area contributed by atoms with E-state index in [1.807, 2.05) is 29.2 Å². The zero-order valence-corrected chi connectivity index (χ0v) is 23.2. The summed E-state index contributed by atoms with van der Waals surface area (Å²) in [5.74, 6) is 0.612. The van der Waals surface area contributed by atoms with E-state index in [-0.39, 0.29) is 23.8 Å². The lowest BCUT2D eigenvalue weighted by Crippen LogP contribution is -2.50. The Morgan fingerprint density at radius 3 is 2.56 bits per heavy atom. The molecule has 2 N–H and O–H groups in total. The number of nitrogens with one attached hydrogen (secondary N) is 2. The molecule has 10 nitrogen and oxygen atoms in total. The van der Waals surface area contributed by atoms with Crippen molar-refractivity contribution < 1.29 is 9.59 Å². The van der Waals surface area contributed by atoms with Crippen molar-refractivity contribution in [3.63, 3.8) is 0 Å². The third-order valence-corrected chi connectivity index (χ3v) is 8.25. The van der Waals surface area contributed by atoms with Crippen LogP contribution in [-0.4, -0.2) is 68.7 Å². The molecule has 0 bridgehead atoms. The van der Waals surface area contributed by atoms with Gasteiger partial charge in [-0.1, -0.05) is 36.4 Å². The molecular formula is C31H36N8O2. The molecule has 3 aromatic rings. The number of aryl methyl sites for hydroxylation is 3. The van der Waals surface area contributed by atoms with E-state index in [0.717, 1.165) is 36.1 Å². The van der Waals surface area contributed by atoms with E-state index in [0.29, 0.717) is 63.4 Å². The normalized spacial score (nSPS) is 19.5. The zero-order valence-electron chi connectivity index (χ0n) is 23.2. The molecule has 1 aromatic carbocycles. The summed E-state index contributed by atoms with van der Waals surface area (Å²) in [5.41, 5.74) is 4.99. The summed E-state index contributed by atoms with van der Waals surface area (Å²) >= 11 is 0. The molecule has 2 amide bonds. The van der Waals surface area contributed by atoms with E-state index in [9.17, 15) is 9.59 Å². The fraction of sp³-hybridized carbons (Fsp3) is 0.419. The highest BCUT2D eigenvalue weighted by atomic mass is 16.2. The number of unbranched alkanes of at least 4 members (excludes halogenated alkanes) is 1. The van der Waals surface area contributed by atoms with Crippen molar-refractivity contribution in [2.24, 2.45) is 5.92 Å². The van der Waals surface area contributed by atoms with Crippen molar-refractivity contribution in [1.82, 2.24) is 30.0 Å². The number of hydrogen-bond acceptors (Lipinski definition) is 7. The fourth-order valence-electron chi connectivity index (χ4n) is 6.00. The monoisotopic (exact) mass is 552 g/mol. The molecule has 2 atom stereocenters. The Kier molecular flexibility index (Phi) is 7.89. The second-order valence-corrected chi connectivity index (χ2v) is 11.0. The van der Waals surface area contributed by atoms with Crippen molar-refractivity contribution in [2.75, 3.05) is 31.1 Å². The van der Waals surface area contributed by atoms with Crippen LogP contribution in [0.4, 0.5) is 5.95 Å². The second kappa shape index (κ2) is 12.0. The molecular weight excluding hydrogens is 516 g/mol. The Labute approximate surface area is 239 Å². The summed E-state index contributed by atoms with van der Waals surface area (Å²) in [4.78, 5) is 38.3. The van der Waals surface area contributed by atoms with Gasteiger partial charge in [-0.2, -0.15) is 5.10 Å². The Morgan fingerprint density at radius 2 is 1.73 bits per heavy atom. The zero-order chi connectivity index (χ0) is 28.2. The van der Waals surface area contributed by atoms with Crippen LogP contribution >= 0.6 is 0 Å². The molecule has 1 aliphatic heterocycles. The standard InChI is InChI=1S/C31H36N8O2/c32-27-21-23-10-9-22-6-1-2-7-26(22)29(23)36-39(27)15-4-3-8-28(40)35-25-12-11-24(20-25)30(41)37-16-18-38(19-17-37)31-33-13-5-14-34-31/h1-2,5-7,11-14,21,24-25,32H,3-4,8-10,15-20H2,(H,35,40). The molecule has 1 fully saturated rings. The van der Waals surface area contributed by atoms with Crippen LogP contribution in [0.2, 0.25) is 0 Å². The van der Waals surface area contributed by atoms with Crippen molar-refractivity contribution >= 4 is 17.8 Å². The molecule has 3 heterocycles. The third kappa shape index (κ3) is 6.06. The number of hydrogen-bond donors (Lipinski definition) is 2. The van der Waals surface area contributed by atoms with Crippen LogP contribution in [0.5, 0.6) is 0 Å². The number of carbonyl (C=O) groups excluding carboxylic acids is 2. The quantitative estimate of drug-likeness (QED) is 0.327. The van der Waals surface area contributed by atoms with Gasteiger partial charge in [-0.15, -0.1) is 0 Å². The van der Waals surface area contributed by atoms with E-state index in [1.54, 1.807) is 23.1 Å². The first-order chi connectivity index (χ1) is 20.0. The lowest BCUT2D eigenvalue weighted by molar-refractivity contribution is -0.134. The average Bonchev–Trinajstić information content (AvgIpc) is 3.48. The number of aromatic nitrogens is 4. The van der Waals surface area contributed by atoms with Gasteiger partial charge < -0.3 is 15.1 Å². The number of nitrogens with zero attached hydrogens (tertiary/aromatic N) is 6. The van der Waals surface area contributed by atoms with Crippen LogP contribution in [0.1, 0.15) is 36.8 Å². The minimum Gasteiger partial charge on any atom is -0.350 e. The number of fused-ring (bicyclic) bond motifs is 3. The Morgan fingerprint density at radius 1 is 0.951 bits per heavy atom. The SMILES string of the molecule is N=c1cc2c(nn1CCCCC(=O)NC1C=CC(C(=O)N3CCN(c4ncccn4)CC3)C1)-c1ccccc1CC2. The summed E-state index contributed by atoms with van der Waals surface area (Å²) < 4.78 is 1.75. The van der Waals surface area contributed by atoms with E-state index in [2.05, 4.69) is 38.4 Å². The fourth-order valence-corrected chi connectivity index (χ4v) is 6.00. The van der Waals surface area contributed by atoms with Crippen LogP contribution < -0.4 is 15.7 Å². The van der Waals surface area contributed by atoms with Gasteiger partial charge in [0.2, 0.25) is 17.8 Å². The minimum atomic E-state index is -0.202. The van der Waals surface area contributed by atoms with Gasteiger partial charge in [0.15, 0.2) is 0 Å². The summed E-state index contributed by atoms with van der Waals surface area (Å²) in [6.07, 6.45) is 11.7. The molecule has 212 valence electrons. The molecule has 6 rings (SSSR count). The lowest BCUT2D eigenvalue weighted by Gasteiger charge is -2.35. The molecule has 0 saturated carbocycles. The topological polar surface area (TPSA) is 120 Å². The Bertz CT molecular complexity index is 1490. The van der Waals surface area contributed by atoms with Crippen molar-refractivity contribution in [1.29, 1.82) is 5.41 Å². The molecule has 2 unspecified atom stereocenters. The number of carbonyl (C=O) groups is 2. The first-order valence-corrected chi connectivity index (χ1v) is 14.6. The van der Waals surface area contributed by atoms with Crippen LogP contribution in [0.15, 0.2) is 60.9 Å². The second-order valence-electron chi connectivity index (χ2n) is 11.0. The van der Waals surface area contributed by atoms with E-state index in [1.165, 1.54) is 5.56 Å². The van der Waals surface area contributed by atoms with Gasteiger partial charge in [0.05, 0.1) is 11.6 Å². The molecule has 1 saturated heterocycles. The van der Waals surface area contributed by atoms with Gasteiger partial charge in [0.25, 0.3) is 0 Å². The Hall–Kier alpha value is -4.34. The summed E-state index contributed by atoms with van der Waals surface area (Å²) in [6.45, 7) is 3.30. The maximum atomic E-state index is 13.1.